The lowest BCUT2D eigenvalue weighted by atomic mass is 9.76. The first kappa shape index (κ1) is 17.9. The minimum atomic E-state index is -0.0840. The molecule has 0 bridgehead atoms. The Morgan fingerprint density at radius 1 is 1.28 bits per heavy atom. The molecule has 2 unspecified atom stereocenters. The summed E-state index contributed by atoms with van der Waals surface area (Å²) >= 11 is 0. The van der Waals surface area contributed by atoms with Gasteiger partial charge in [0.25, 0.3) is 0 Å². The molecule has 0 N–H and O–H groups in total. The normalized spacial score (nSPS) is 26.2. The minimum Gasteiger partial charge on any atom is -0.466 e. The van der Waals surface area contributed by atoms with E-state index in [0.29, 0.717) is 19.1 Å². The van der Waals surface area contributed by atoms with Gasteiger partial charge in [-0.1, -0.05) is 37.6 Å². The van der Waals surface area contributed by atoms with Crippen LogP contribution in [-0.2, 0) is 9.53 Å². The van der Waals surface area contributed by atoms with Gasteiger partial charge >= 0.3 is 5.97 Å². The Hall–Kier alpha value is -1.94. The van der Waals surface area contributed by atoms with Gasteiger partial charge in [-0.25, -0.2) is 0 Å². The van der Waals surface area contributed by atoms with Crippen molar-refractivity contribution in [3.63, 3.8) is 0 Å². The lowest BCUT2D eigenvalue weighted by Crippen LogP contribution is -2.25. The zero-order valence-electron chi connectivity index (χ0n) is 15.5. The summed E-state index contributed by atoms with van der Waals surface area (Å²) in [6.07, 6.45) is 4.86. The highest BCUT2D eigenvalue weighted by molar-refractivity contribution is 5.98. The van der Waals surface area contributed by atoms with Gasteiger partial charge < -0.3 is 4.74 Å². The molecule has 1 heterocycles. The van der Waals surface area contributed by atoms with E-state index >= 15 is 0 Å². The van der Waals surface area contributed by atoms with Crippen molar-refractivity contribution in [1.29, 1.82) is 0 Å². The van der Waals surface area contributed by atoms with E-state index < -0.39 is 0 Å². The Morgan fingerprint density at radius 3 is 2.76 bits per heavy atom. The van der Waals surface area contributed by atoms with Gasteiger partial charge in [-0.15, -0.1) is 0 Å². The van der Waals surface area contributed by atoms with E-state index in [1.165, 1.54) is 5.57 Å². The zero-order chi connectivity index (χ0) is 17.9. The topological polar surface area (TPSA) is 41.7 Å². The first-order chi connectivity index (χ1) is 11.9. The molecule has 0 amide bonds. The molecule has 4 heteroatoms. The minimum absolute atomic E-state index is 0.0840. The molecule has 1 aromatic rings. The van der Waals surface area contributed by atoms with E-state index in [-0.39, 0.29) is 11.4 Å². The van der Waals surface area contributed by atoms with Gasteiger partial charge in [-0.05, 0) is 43.4 Å². The fourth-order valence-electron chi connectivity index (χ4n) is 3.63. The second kappa shape index (κ2) is 7.52. The molecule has 25 heavy (non-hydrogen) atoms. The molecule has 2 atom stereocenters. The summed E-state index contributed by atoms with van der Waals surface area (Å²) in [4.78, 5) is 18.8. The van der Waals surface area contributed by atoms with Crippen LogP contribution in [0.15, 0.2) is 47.0 Å². The van der Waals surface area contributed by atoms with Crippen LogP contribution in [0, 0.1) is 5.41 Å². The second-order valence-electron chi connectivity index (χ2n) is 7.85. The highest BCUT2D eigenvalue weighted by atomic mass is 16.5. The van der Waals surface area contributed by atoms with Crippen molar-refractivity contribution in [2.75, 3.05) is 19.7 Å². The van der Waals surface area contributed by atoms with Crippen LogP contribution in [0.25, 0.3) is 0 Å². The zero-order valence-corrected chi connectivity index (χ0v) is 15.5. The van der Waals surface area contributed by atoms with Crippen molar-refractivity contribution < 1.29 is 9.53 Å². The van der Waals surface area contributed by atoms with E-state index in [4.69, 9.17) is 9.73 Å². The van der Waals surface area contributed by atoms with Gasteiger partial charge in [0.1, 0.15) is 0 Å². The third-order valence-corrected chi connectivity index (χ3v) is 4.71. The van der Waals surface area contributed by atoms with Crippen LogP contribution in [0.2, 0.25) is 0 Å². The van der Waals surface area contributed by atoms with E-state index in [1.54, 1.807) is 0 Å². The van der Waals surface area contributed by atoms with Crippen LogP contribution in [-0.4, -0.2) is 42.3 Å². The Bertz CT molecular complexity index is 676. The maximum absolute atomic E-state index is 11.6. The molecule has 1 aromatic carbocycles. The van der Waals surface area contributed by atoms with E-state index in [0.717, 1.165) is 37.3 Å². The maximum atomic E-state index is 11.6. The van der Waals surface area contributed by atoms with Crippen LogP contribution in [0.4, 0.5) is 5.69 Å². The van der Waals surface area contributed by atoms with Crippen LogP contribution in [0.5, 0.6) is 0 Å². The number of carbonyl (C=O) groups excluding carboxylic acids is 1. The van der Waals surface area contributed by atoms with Gasteiger partial charge in [0.05, 0.1) is 18.7 Å². The summed E-state index contributed by atoms with van der Waals surface area (Å²) in [6.45, 7) is 8.84. The standard InChI is InChI=1S/C21H28N2O2/c1-4-25-20(24)11-19-15-23(19)14-16-10-18(13-21(2,3)12-16)22-17-8-6-5-7-9-17/h5-10,19H,4,11-15H2,1-3H3. The highest BCUT2D eigenvalue weighted by Gasteiger charge is 2.37. The fourth-order valence-corrected chi connectivity index (χ4v) is 3.63. The summed E-state index contributed by atoms with van der Waals surface area (Å²) < 4.78 is 5.05. The molecule has 134 valence electrons. The molecule has 0 radical (unpaired) electrons. The highest BCUT2D eigenvalue weighted by Crippen LogP contribution is 2.36. The molecule has 0 spiro atoms. The number of hydrogen-bond donors (Lipinski definition) is 0. The predicted octanol–water partition coefficient (Wildman–Crippen LogP) is 4.14. The number of nitrogens with zero attached hydrogens (tertiary/aromatic N) is 2. The number of esters is 1. The molecule has 1 aliphatic carbocycles. The van der Waals surface area contributed by atoms with Gasteiger partial charge in [0, 0.05) is 24.8 Å². The molecule has 2 aliphatic rings. The van der Waals surface area contributed by atoms with Crippen LogP contribution in [0.1, 0.15) is 40.0 Å². The Morgan fingerprint density at radius 2 is 2.04 bits per heavy atom. The Balaban J connectivity index is 1.64. The lowest BCUT2D eigenvalue weighted by molar-refractivity contribution is -0.143. The largest absolute Gasteiger partial charge is 0.466 e. The van der Waals surface area contributed by atoms with Crippen LogP contribution < -0.4 is 0 Å². The number of hydrogen-bond acceptors (Lipinski definition) is 4. The van der Waals surface area contributed by atoms with Gasteiger partial charge in [-0.3, -0.25) is 14.7 Å². The first-order valence-corrected chi connectivity index (χ1v) is 9.17. The fraction of sp³-hybridized carbons (Fsp3) is 0.524. The van der Waals surface area contributed by atoms with Crippen molar-refractivity contribution in [3.05, 3.63) is 42.0 Å². The summed E-state index contributed by atoms with van der Waals surface area (Å²) in [7, 11) is 0. The van der Waals surface area contributed by atoms with E-state index in [2.05, 4.69) is 24.8 Å². The molecule has 4 nitrogen and oxygen atoms in total. The summed E-state index contributed by atoms with van der Waals surface area (Å²) in [5, 5.41) is 0. The number of benzene rings is 1. The van der Waals surface area contributed by atoms with Crippen molar-refractivity contribution in [2.45, 2.75) is 46.1 Å². The summed E-state index contributed by atoms with van der Waals surface area (Å²) in [5.74, 6) is -0.0840. The molecular formula is C21H28N2O2. The number of allylic oxidation sites excluding steroid dienone is 1. The average Bonchev–Trinajstić information content (AvgIpc) is 3.24. The number of para-hydroxylation sites is 1. The van der Waals surface area contributed by atoms with Crippen molar-refractivity contribution >= 4 is 17.4 Å². The number of carbonyl (C=O) groups is 1. The molecule has 0 saturated carbocycles. The smallest absolute Gasteiger partial charge is 0.307 e. The van der Waals surface area contributed by atoms with Crippen LogP contribution in [0.3, 0.4) is 0 Å². The second-order valence-corrected chi connectivity index (χ2v) is 7.85. The molecule has 1 aliphatic heterocycles. The maximum Gasteiger partial charge on any atom is 0.307 e. The Labute approximate surface area is 150 Å². The summed E-state index contributed by atoms with van der Waals surface area (Å²) in [5.41, 5.74) is 3.81. The van der Waals surface area contributed by atoms with Gasteiger partial charge in [0.2, 0.25) is 0 Å². The molecular weight excluding hydrogens is 312 g/mol. The number of ether oxygens (including phenoxy) is 1. The third-order valence-electron chi connectivity index (χ3n) is 4.71. The summed E-state index contributed by atoms with van der Waals surface area (Å²) in [6, 6.07) is 10.5. The SMILES string of the molecule is CCOC(=O)CC1CN1CC1=CC(=Nc2ccccc2)CC(C)(C)C1. The molecule has 1 fully saturated rings. The molecule has 3 rings (SSSR count). The van der Waals surface area contributed by atoms with Crippen molar-refractivity contribution in [1.82, 2.24) is 4.90 Å². The third kappa shape index (κ3) is 5.27. The number of rotatable bonds is 6. The molecule has 1 saturated heterocycles. The van der Waals surface area contributed by atoms with Gasteiger partial charge in [-0.2, -0.15) is 0 Å². The monoisotopic (exact) mass is 340 g/mol. The Kier molecular flexibility index (Phi) is 5.38. The molecule has 0 aromatic heterocycles. The van der Waals surface area contributed by atoms with Crippen molar-refractivity contribution in [2.24, 2.45) is 10.4 Å². The lowest BCUT2D eigenvalue weighted by Gasteiger charge is -2.31. The van der Waals surface area contributed by atoms with E-state index in [9.17, 15) is 4.79 Å². The van der Waals surface area contributed by atoms with Crippen molar-refractivity contribution in [3.8, 4) is 0 Å². The average molecular weight is 340 g/mol. The first-order valence-electron chi connectivity index (χ1n) is 9.17. The predicted molar refractivity (Wildman–Crippen MR) is 101 cm³/mol. The quantitative estimate of drug-likeness (QED) is 0.577. The van der Waals surface area contributed by atoms with Gasteiger partial charge in [0.15, 0.2) is 0 Å². The van der Waals surface area contributed by atoms with Crippen LogP contribution >= 0.6 is 0 Å². The number of aliphatic imine (C=N–C) groups is 1. The van der Waals surface area contributed by atoms with E-state index in [1.807, 2.05) is 37.3 Å².